The summed E-state index contributed by atoms with van der Waals surface area (Å²) in [5.74, 6) is 0.147. The van der Waals surface area contributed by atoms with E-state index in [1.807, 2.05) is 41.9 Å². The van der Waals surface area contributed by atoms with E-state index >= 15 is 0 Å². The Labute approximate surface area is 254 Å². The molecule has 2 atom stereocenters. The van der Waals surface area contributed by atoms with E-state index in [1.165, 1.54) is 18.9 Å². The first-order valence-electron chi connectivity index (χ1n) is 14.0. The van der Waals surface area contributed by atoms with Gasteiger partial charge in [0.15, 0.2) is 6.23 Å². The van der Waals surface area contributed by atoms with Crippen molar-refractivity contribution in [1.29, 1.82) is 0 Å². The molecule has 0 aliphatic carbocycles. The molecule has 0 spiro atoms. The molecule has 0 saturated heterocycles. The molecule has 4 rings (SSSR count). The molecule has 13 nitrogen and oxygen atoms in total. The Hall–Kier alpha value is -5.30. The van der Waals surface area contributed by atoms with E-state index in [9.17, 15) is 14.4 Å². The molecule has 0 saturated carbocycles. The quantitative estimate of drug-likeness (QED) is 0.124. The van der Waals surface area contributed by atoms with Gasteiger partial charge in [-0.3, -0.25) is 19.3 Å². The molecule has 230 valence electrons. The fourth-order valence-corrected chi connectivity index (χ4v) is 4.35. The topological polar surface area (TPSA) is 180 Å². The molecule has 1 amide bonds. The first-order chi connectivity index (χ1) is 21.1. The van der Waals surface area contributed by atoms with Gasteiger partial charge in [0.05, 0.1) is 31.1 Å². The molecule has 44 heavy (non-hydrogen) atoms. The van der Waals surface area contributed by atoms with Crippen LogP contribution in [0.5, 0.6) is 0 Å². The van der Waals surface area contributed by atoms with Crippen molar-refractivity contribution in [2.24, 2.45) is 23.5 Å². The van der Waals surface area contributed by atoms with Crippen molar-refractivity contribution in [1.82, 2.24) is 14.5 Å². The molecule has 2 aromatic heterocycles. The number of rotatable bonds is 12. The average Bonchev–Trinajstić information content (AvgIpc) is 3.34. The fourth-order valence-electron chi connectivity index (χ4n) is 4.35. The third-order valence-corrected chi connectivity index (χ3v) is 6.77. The number of amides is 1. The molecule has 2 aromatic carbocycles. The van der Waals surface area contributed by atoms with Crippen molar-refractivity contribution in [3.8, 4) is 0 Å². The van der Waals surface area contributed by atoms with Crippen LogP contribution in [0.4, 0.5) is 11.5 Å². The molecule has 2 heterocycles. The van der Waals surface area contributed by atoms with E-state index in [4.69, 9.17) is 25.9 Å². The highest BCUT2D eigenvalue weighted by Crippen LogP contribution is 2.21. The SMILES string of the molecule is COC(=O)CCN(C(=O)c1ccc2c(c1)nc(CNc1ccc(/C(N)=N/C(C)OC(=O)C(C)N)cc1)n2C)c1ccccn1. The number of aryl methyl sites for hydroxylation is 1. The Morgan fingerprint density at radius 2 is 1.80 bits per heavy atom. The number of benzene rings is 2. The first-order valence-corrected chi connectivity index (χ1v) is 14.0. The third kappa shape index (κ3) is 7.75. The number of ether oxygens (including phenoxy) is 2. The molecule has 0 fully saturated rings. The van der Waals surface area contributed by atoms with Gasteiger partial charge in [-0.1, -0.05) is 6.07 Å². The third-order valence-electron chi connectivity index (χ3n) is 6.77. The molecule has 0 radical (unpaired) electrons. The normalized spacial score (nSPS) is 12.8. The molecule has 13 heteroatoms. The van der Waals surface area contributed by atoms with Gasteiger partial charge in [-0.2, -0.15) is 0 Å². The highest BCUT2D eigenvalue weighted by Gasteiger charge is 2.21. The number of carbonyl (C=O) groups is 3. The number of nitrogens with one attached hydrogen (secondary N) is 1. The first kappa shape index (κ1) is 31.6. The number of fused-ring (bicyclic) bond motifs is 1. The largest absolute Gasteiger partial charge is 0.469 e. The van der Waals surface area contributed by atoms with E-state index < -0.39 is 24.2 Å². The van der Waals surface area contributed by atoms with Crippen LogP contribution in [-0.4, -0.2) is 64.1 Å². The van der Waals surface area contributed by atoms with Crippen LogP contribution in [-0.2, 0) is 32.7 Å². The second-order valence-electron chi connectivity index (χ2n) is 10.0. The van der Waals surface area contributed by atoms with Crippen LogP contribution in [0, 0.1) is 0 Å². The zero-order valence-electron chi connectivity index (χ0n) is 25.1. The number of carbonyl (C=O) groups excluding carboxylic acids is 3. The number of aromatic nitrogens is 3. The van der Waals surface area contributed by atoms with E-state index in [1.54, 1.807) is 43.5 Å². The number of nitrogens with zero attached hydrogens (tertiary/aromatic N) is 5. The highest BCUT2D eigenvalue weighted by atomic mass is 16.6. The van der Waals surface area contributed by atoms with Gasteiger partial charge in [0.25, 0.3) is 5.91 Å². The van der Waals surface area contributed by atoms with Crippen molar-refractivity contribution in [2.45, 2.75) is 39.1 Å². The Morgan fingerprint density at radius 1 is 1.07 bits per heavy atom. The van der Waals surface area contributed by atoms with Gasteiger partial charge in [-0.05, 0) is 68.4 Å². The van der Waals surface area contributed by atoms with E-state index in [2.05, 4.69) is 15.3 Å². The van der Waals surface area contributed by atoms with Crippen molar-refractivity contribution in [2.75, 3.05) is 23.9 Å². The lowest BCUT2D eigenvalue weighted by molar-refractivity contribution is -0.149. The number of aliphatic imine (C=N–C) groups is 1. The summed E-state index contributed by atoms with van der Waals surface area (Å²) in [5.41, 5.74) is 15.0. The number of esters is 2. The zero-order chi connectivity index (χ0) is 31.8. The number of methoxy groups -OCH3 is 1. The van der Waals surface area contributed by atoms with Gasteiger partial charge < -0.3 is 30.8 Å². The minimum Gasteiger partial charge on any atom is -0.469 e. The van der Waals surface area contributed by atoms with Crippen LogP contribution in [0.3, 0.4) is 0 Å². The maximum absolute atomic E-state index is 13.5. The number of imidazole rings is 1. The minimum absolute atomic E-state index is 0.0313. The lowest BCUT2D eigenvalue weighted by Gasteiger charge is -2.21. The lowest BCUT2D eigenvalue weighted by atomic mass is 10.1. The number of hydrogen-bond acceptors (Lipinski definition) is 10. The van der Waals surface area contributed by atoms with Gasteiger partial charge in [-0.15, -0.1) is 0 Å². The summed E-state index contributed by atoms with van der Waals surface area (Å²) in [6.45, 7) is 3.69. The van der Waals surface area contributed by atoms with E-state index in [-0.39, 0.29) is 24.7 Å². The monoisotopic (exact) mass is 600 g/mol. The van der Waals surface area contributed by atoms with Gasteiger partial charge in [0.2, 0.25) is 0 Å². The van der Waals surface area contributed by atoms with Crippen LogP contribution in [0.1, 0.15) is 42.0 Å². The Kier molecular flexibility index (Phi) is 10.2. The smallest absolute Gasteiger partial charge is 0.324 e. The molecule has 2 unspecified atom stereocenters. The predicted octanol–water partition coefficient (Wildman–Crippen LogP) is 2.73. The highest BCUT2D eigenvalue weighted by molar-refractivity contribution is 6.07. The summed E-state index contributed by atoms with van der Waals surface area (Å²) < 4.78 is 11.8. The van der Waals surface area contributed by atoms with E-state index in [0.29, 0.717) is 29.0 Å². The lowest BCUT2D eigenvalue weighted by Crippen LogP contribution is -2.33. The van der Waals surface area contributed by atoms with Crippen molar-refractivity contribution in [3.63, 3.8) is 0 Å². The molecular weight excluding hydrogens is 564 g/mol. The van der Waals surface area contributed by atoms with Crippen LogP contribution in [0.15, 0.2) is 71.9 Å². The van der Waals surface area contributed by atoms with Crippen LogP contribution >= 0.6 is 0 Å². The average molecular weight is 601 g/mol. The molecular formula is C31H36N8O5. The fraction of sp³-hybridized carbons (Fsp3) is 0.290. The van der Waals surface area contributed by atoms with Gasteiger partial charge in [-0.25, -0.2) is 15.0 Å². The molecule has 5 N–H and O–H groups in total. The number of anilines is 2. The number of hydrogen-bond donors (Lipinski definition) is 3. The predicted molar refractivity (Wildman–Crippen MR) is 167 cm³/mol. The maximum atomic E-state index is 13.5. The number of pyridine rings is 1. The zero-order valence-corrected chi connectivity index (χ0v) is 25.1. The van der Waals surface area contributed by atoms with Gasteiger partial charge in [0, 0.05) is 36.6 Å². The van der Waals surface area contributed by atoms with Crippen molar-refractivity contribution in [3.05, 3.63) is 83.8 Å². The van der Waals surface area contributed by atoms with Gasteiger partial charge >= 0.3 is 11.9 Å². The minimum atomic E-state index is -0.766. The Bertz CT molecular complexity index is 1650. The van der Waals surface area contributed by atoms with Crippen LogP contribution < -0.4 is 21.7 Å². The molecule has 0 bridgehead atoms. The summed E-state index contributed by atoms with van der Waals surface area (Å²) in [6, 6.07) is 17.2. The standard InChI is InChI=1S/C31H36N8O5/c1-19(32)31(42)44-20(2)36-29(33)21-8-11-23(12-9-21)35-18-27-37-24-17-22(10-13-25(24)38(27)3)30(41)39(16-14-28(40)43-4)26-7-5-6-15-34-26/h5-13,15,17,19-20,35H,14,16,18,32H2,1-4H3,(H2,33,36). The van der Waals surface area contributed by atoms with Crippen LogP contribution in [0.2, 0.25) is 0 Å². The second-order valence-corrected chi connectivity index (χ2v) is 10.0. The van der Waals surface area contributed by atoms with Crippen molar-refractivity contribution < 1.29 is 23.9 Å². The molecule has 0 aliphatic rings. The maximum Gasteiger partial charge on any atom is 0.324 e. The Morgan fingerprint density at radius 3 is 2.45 bits per heavy atom. The summed E-state index contributed by atoms with van der Waals surface area (Å²) in [7, 11) is 3.22. The number of amidine groups is 1. The van der Waals surface area contributed by atoms with Gasteiger partial charge in [0.1, 0.15) is 23.5 Å². The van der Waals surface area contributed by atoms with E-state index in [0.717, 1.165) is 17.0 Å². The molecule has 0 aliphatic heterocycles. The summed E-state index contributed by atoms with van der Waals surface area (Å²) in [5, 5.41) is 3.34. The number of nitrogens with two attached hydrogens (primary N) is 2. The summed E-state index contributed by atoms with van der Waals surface area (Å²) >= 11 is 0. The van der Waals surface area contributed by atoms with Crippen LogP contribution in [0.25, 0.3) is 11.0 Å². The molecule has 4 aromatic rings. The van der Waals surface area contributed by atoms with Crippen molar-refractivity contribution >= 4 is 46.2 Å². The summed E-state index contributed by atoms with van der Waals surface area (Å²) in [6.07, 6.45) is 0.857. The second kappa shape index (κ2) is 14.2. The summed E-state index contributed by atoms with van der Waals surface area (Å²) in [4.78, 5) is 51.7. The Balaban J connectivity index is 1.45.